The zero-order chi connectivity index (χ0) is 11.6. The van der Waals surface area contributed by atoms with E-state index >= 15 is 0 Å². The van der Waals surface area contributed by atoms with Crippen LogP contribution in [0.25, 0.3) is 0 Å². The molecule has 0 bridgehead atoms. The summed E-state index contributed by atoms with van der Waals surface area (Å²) >= 11 is 2.97. The van der Waals surface area contributed by atoms with Crippen LogP contribution in [0.3, 0.4) is 0 Å². The van der Waals surface area contributed by atoms with Crippen LogP contribution in [0.5, 0.6) is 5.75 Å². The predicted octanol–water partition coefficient (Wildman–Crippen LogP) is 3.20. The highest BCUT2D eigenvalue weighted by molar-refractivity contribution is 9.08. The molecule has 0 spiro atoms. The predicted molar refractivity (Wildman–Crippen MR) is 50.1 cm³/mol. The Kier molecular flexibility index (Phi) is 3.43. The molecule has 7 heteroatoms. The van der Waals surface area contributed by atoms with Gasteiger partial charge in [-0.3, -0.25) is 0 Å². The van der Waals surface area contributed by atoms with Crippen molar-refractivity contribution in [3.05, 3.63) is 23.5 Å². The zero-order valence-electron chi connectivity index (χ0n) is 7.24. The van der Waals surface area contributed by atoms with E-state index in [9.17, 15) is 17.6 Å². The highest BCUT2D eigenvalue weighted by Crippen LogP contribution is 2.29. The third kappa shape index (κ3) is 3.26. The third-order valence-corrected chi connectivity index (χ3v) is 2.17. The van der Waals surface area contributed by atoms with Gasteiger partial charge in [-0.1, -0.05) is 15.9 Å². The Labute approximate surface area is 91.1 Å². The van der Waals surface area contributed by atoms with E-state index in [1.807, 2.05) is 0 Å². The minimum atomic E-state index is -4.84. The van der Waals surface area contributed by atoms with Gasteiger partial charge in [0.15, 0.2) is 0 Å². The second-order valence-electron chi connectivity index (χ2n) is 2.66. The molecule has 0 saturated carbocycles. The number of rotatable bonds is 2. The van der Waals surface area contributed by atoms with Crippen LogP contribution in [0.4, 0.5) is 23.2 Å². The molecule has 0 amide bonds. The van der Waals surface area contributed by atoms with Crippen LogP contribution in [-0.4, -0.2) is 6.36 Å². The van der Waals surface area contributed by atoms with E-state index < -0.39 is 17.9 Å². The van der Waals surface area contributed by atoms with Crippen LogP contribution in [0.2, 0.25) is 0 Å². The van der Waals surface area contributed by atoms with Gasteiger partial charge >= 0.3 is 6.36 Å². The summed E-state index contributed by atoms with van der Waals surface area (Å²) in [7, 11) is 0. The third-order valence-electron chi connectivity index (χ3n) is 1.57. The van der Waals surface area contributed by atoms with Gasteiger partial charge < -0.3 is 10.5 Å². The maximum atomic E-state index is 13.0. The molecule has 2 N–H and O–H groups in total. The fourth-order valence-corrected chi connectivity index (χ4v) is 1.41. The van der Waals surface area contributed by atoms with E-state index in [-0.39, 0.29) is 16.6 Å². The lowest BCUT2D eigenvalue weighted by Crippen LogP contribution is -2.17. The smallest absolute Gasteiger partial charge is 0.406 e. The lowest BCUT2D eigenvalue weighted by molar-refractivity contribution is -0.274. The molecule has 0 aliphatic carbocycles. The number of anilines is 1. The Balaban J connectivity index is 3.06. The minimum absolute atomic E-state index is 0.144. The number of halogens is 5. The maximum absolute atomic E-state index is 13.0. The van der Waals surface area contributed by atoms with Gasteiger partial charge in [0.2, 0.25) is 0 Å². The highest BCUT2D eigenvalue weighted by atomic mass is 79.9. The Hall–Kier alpha value is -0.980. The van der Waals surface area contributed by atoms with Crippen molar-refractivity contribution in [1.29, 1.82) is 0 Å². The quantitative estimate of drug-likeness (QED) is 0.515. The van der Waals surface area contributed by atoms with E-state index in [0.29, 0.717) is 6.07 Å². The topological polar surface area (TPSA) is 35.2 Å². The van der Waals surface area contributed by atoms with Crippen molar-refractivity contribution in [2.45, 2.75) is 11.7 Å². The first kappa shape index (κ1) is 12.1. The SMILES string of the molecule is Nc1c(F)cc(OC(F)(F)F)cc1CBr. The molecule has 15 heavy (non-hydrogen) atoms. The van der Waals surface area contributed by atoms with Crippen LogP contribution in [0, 0.1) is 5.82 Å². The second-order valence-corrected chi connectivity index (χ2v) is 3.22. The van der Waals surface area contributed by atoms with Crippen molar-refractivity contribution in [2.75, 3.05) is 5.73 Å². The van der Waals surface area contributed by atoms with Crippen LogP contribution >= 0.6 is 15.9 Å². The monoisotopic (exact) mass is 287 g/mol. The molecule has 0 heterocycles. The van der Waals surface area contributed by atoms with E-state index in [1.165, 1.54) is 0 Å². The van der Waals surface area contributed by atoms with Crippen molar-refractivity contribution in [1.82, 2.24) is 0 Å². The Bertz CT molecular complexity index is 366. The van der Waals surface area contributed by atoms with E-state index in [0.717, 1.165) is 6.07 Å². The van der Waals surface area contributed by atoms with Crippen molar-refractivity contribution in [2.24, 2.45) is 0 Å². The standard InChI is InChI=1S/C8H6BrF4NO/c9-3-4-1-5(15-8(11,12)13)2-6(10)7(4)14/h1-2H,3,14H2. The summed E-state index contributed by atoms with van der Waals surface area (Å²) in [5.74, 6) is -1.56. The fourth-order valence-electron chi connectivity index (χ4n) is 0.950. The Morgan fingerprint density at radius 1 is 1.33 bits per heavy atom. The largest absolute Gasteiger partial charge is 0.573 e. The highest BCUT2D eigenvalue weighted by Gasteiger charge is 2.31. The number of ether oxygens (including phenoxy) is 1. The lowest BCUT2D eigenvalue weighted by atomic mass is 10.2. The normalized spacial score (nSPS) is 11.5. The van der Waals surface area contributed by atoms with Crippen molar-refractivity contribution in [3.8, 4) is 5.75 Å². The molecule has 1 aromatic carbocycles. The van der Waals surface area contributed by atoms with E-state index in [1.54, 1.807) is 0 Å². The summed E-state index contributed by atoms with van der Waals surface area (Å²) in [5.41, 5.74) is 5.29. The number of nitrogen functional groups attached to an aromatic ring is 1. The molecule has 0 atom stereocenters. The van der Waals surface area contributed by atoms with Crippen molar-refractivity contribution < 1.29 is 22.3 Å². The molecule has 0 aliphatic rings. The minimum Gasteiger partial charge on any atom is -0.406 e. The van der Waals surface area contributed by atoms with Gasteiger partial charge in [0.1, 0.15) is 11.6 Å². The summed E-state index contributed by atoms with van der Waals surface area (Å²) in [6.45, 7) is 0. The molecular weight excluding hydrogens is 282 g/mol. The van der Waals surface area contributed by atoms with Gasteiger partial charge in [-0.15, -0.1) is 13.2 Å². The molecule has 0 radical (unpaired) electrons. The van der Waals surface area contributed by atoms with Gasteiger partial charge in [0.25, 0.3) is 0 Å². The van der Waals surface area contributed by atoms with Gasteiger partial charge in [0, 0.05) is 11.4 Å². The average molecular weight is 288 g/mol. The number of alkyl halides is 4. The summed E-state index contributed by atoms with van der Waals surface area (Å²) in [6.07, 6.45) is -4.84. The van der Waals surface area contributed by atoms with Crippen molar-refractivity contribution in [3.63, 3.8) is 0 Å². The first-order valence-corrected chi connectivity index (χ1v) is 4.85. The molecule has 0 fully saturated rings. The van der Waals surface area contributed by atoms with Gasteiger partial charge in [-0.25, -0.2) is 4.39 Å². The molecule has 84 valence electrons. The first-order chi connectivity index (χ1) is 6.83. The van der Waals surface area contributed by atoms with E-state index in [4.69, 9.17) is 5.73 Å². The molecule has 0 aliphatic heterocycles. The zero-order valence-corrected chi connectivity index (χ0v) is 8.82. The Morgan fingerprint density at radius 2 is 1.93 bits per heavy atom. The summed E-state index contributed by atoms with van der Waals surface area (Å²) in [6, 6.07) is 1.62. The average Bonchev–Trinajstić information content (AvgIpc) is 2.08. The molecule has 0 aromatic heterocycles. The first-order valence-electron chi connectivity index (χ1n) is 3.73. The summed E-state index contributed by atoms with van der Waals surface area (Å²) in [5, 5.41) is 0.144. The molecule has 1 aromatic rings. The molecule has 0 saturated heterocycles. The molecule has 2 nitrogen and oxygen atoms in total. The van der Waals surface area contributed by atoms with Crippen LogP contribution in [-0.2, 0) is 5.33 Å². The van der Waals surface area contributed by atoms with Gasteiger partial charge in [0.05, 0.1) is 5.69 Å². The van der Waals surface area contributed by atoms with Crippen molar-refractivity contribution >= 4 is 21.6 Å². The van der Waals surface area contributed by atoms with Gasteiger partial charge in [-0.05, 0) is 11.6 Å². The van der Waals surface area contributed by atoms with Crippen LogP contribution in [0.15, 0.2) is 12.1 Å². The summed E-state index contributed by atoms with van der Waals surface area (Å²) < 4.78 is 52.0. The summed E-state index contributed by atoms with van der Waals surface area (Å²) in [4.78, 5) is 0. The fraction of sp³-hybridized carbons (Fsp3) is 0.250. The van der Waals surface area contributed by atoms with Crippen LogP contribution in [0.1, 0.15) is 5.56 Å². The molecule has 0 unspecified atom stereocenters. The molecule has 1 rings (SSSR count). The van der Waals surface area contributed by atoms with Crippen LogP contribution < -0.4 is 10.5 Å². The second kappa shape index (κ2) is 4.26. The van der Waals surface area contributed by atoms with Gasteiger partial charge in [-0.2, -0.15) is 0 Å². The number of hydrogen-bond donors (Lipinski definition) is 1. The van der Waals surface area contributed by atoms with E-state index in [2.05, 4.69) is 20.7 Å². The number of benzene rings is 1. The number of nitrogens with two attached hydrogens (primary N) is 1. The maximum Gasteiger partial charge on any atom is 0.573 e. The lowest BCUT2D eigenvalue weighted by Gasteiger charge is -2.11. The number of hydrogen-bond acceptors (Lipinski definition) is 2. The molecular formula is C8H6BrF4NO. The Morgan fingerprint density at radius 3 is 2.40 bits per heavy atom.